The quantitative estimate of drug-likeness (QED) is 0.0422. The molecule has 0 aromatic rings. The maximum Gasteiger partial charge on any atom is 0.306 e. The van der Waals surface area contributed by atoms with Gasteiger partial charge in [0.15, 0.2) is 0 Å². The highest BCUT2D eigenvalue weighted by molar-refractivity contribution is 5.69. The topological polar surface area (TPSA) is 87.9 Å². The van der Waals surface area contributed by atoms with Crippen LogP contribution in [0.1, 0.15) is 220 Å². The van der Waals surface area contributed by atoms with Gasteiger partial charge in [-0.05, 0) is 77.0 Å². The minimum absolute atomic E-state index is 0.0461. The molecule has 0 amide bonds. The zero-order valence-electron chi connectivity index (χ0n) is 30.6. The van der Waals surface area contributed by atoms with Gasteiger partial charge in [0, 0.05) is 12.8 Å². The SMILES string of the molecule is CCCCCCCC(CCCCCCC)OC(=O)CCCC(CCCC(=O)OC(CCCCCCC)CCCCCCC)ON. The molecule has 0 unspecified atom stereocenters. The monoisotopic (exact) mass is 640 g/mol. The molecule has 0 bridgehead atoms. The summed E-state index contributed by atoms with van der Waals surface area (Å²) in [5.74, 6) is 5.39. The van der Waals surface area contributed by atoms with Crippen LogP contribution in [0.15, 0.2) is 0 Å². The standard InChI is InChI=1S/C39H77NO5/c1-5-9-13-17-21-27-35(28-22-18-14-10-6-2)43-38(41)33-25-31-37(45-40)32-26-34-39(42)44-36(29-23-19-15-11-7-3)30-24-20-16-12-8-4/h35-37H,5-34,40H2,1-4H3. The molecule has 0 rings (SSSR count). The molecule has 0 aromatic carbocycles. The van der Waals surface area contributed by atoms with E-state index in [1.54, 1.807) is 0 Å². The predicted octanol–water partition coefficient (Wildman–Crippen LogP) is 11.9. The average Bonchev–Trinajstić information content (AvgIpc) is 3.03. The van der Waals surface area contributed by atoms with Crippen molar-refractivity contribution in [3.63, 3.8) is 0 Å². The fraction of sp³-hybridized carbons (Fsp3) is 0.949. The Labute approximate surface area is 280 Å². The summed E-state index contributed by atoms with van der Waals surface area (Å²) < 4.78 is 11.9. The van der Waals surface area contributed by atoms with Crippen molar-refractivity contribution in [3.05, 3.63) is 0 Å². The van der Waals surface area contributed by atoms with Gasteiger partial charge in [-0.3, -0.25) is 9.59 Å². The Morgan fingerprint density at radius 3 is 0.933 bits per heavy atom. The highest BCUT2D eigenvalue weighted by Gasteiger charge is 2.18. The van der Waals surface area contributed by atoms with Crippen molar-refractivity contribution < 1.29 is 23.9 Å². The van der Waals surface area contributed by atoms with E-state index in [2.05, 4.69) is 27.7 Å². The van der Waals surface area contributed by atoms with E-state index in [4.69, 9.17) is 20.2 Å². The van der Waals surface area contributed by atoms with Crippen LogP contribution in [0.25, 0.3) is 0 Å². The molecule has 0 fully saturated rings. The fourth-order valence-corrected chi connectivity index (χ4v) is 6.14. The van der Waals surface area contributed by atoms with E-state index in [0.717, 1.165) is 51.4 Å². The smallest absolute Gasteiger partial charge is 0.306 e. The summed E-state index contributed by atoms with van der Waals surface area (Å²) in [4.78, 5) is 30.6. The Kier molecular flexibility index (Phi) is 33.3. The van der Waals surface area contributed by atoms with E-state index in [1.807, 2.05) is 0 Å². The predicted molar refractivity (Wildman–Crippen MR) is 190 cm³/mol. The molecule has 0 atom stereocenters. The van der Waals surface area contributed by atoms with Gasteiger partial charge >= 0.3 is 11.9 Å². The lowest BCUT2D eigenvalue weighted by atomic mass is 10.0. The molecule has 0 heterocycles. The van der Waals surface area contributed by atoms with Crippen LogP contribution in [0.3, 0.4) is 0 Å². The fourth-order valence-electron chi connectivity index (χ4n) is 6.14. The zero-order valence-corrected chi connectivity index (χ0v) is 30.6. The van der Waals surface area contributed by atoms with Crippen LogP contribution in [0.4, 0.5) is 0 Å². The van der Waals surface area contributed by atoms with Crippen molar-refractivity contribution >= 4 is 11.9 Å². The van der Waals surface area contributed by atoms with E-state index in [-0.39, 0.29) is 30.3 Å². The second-order valence-corrected chi connectivity index (χ2v) is 13.6. The number of ether oxygens (including phenoxy) is 2. The van der Waals surface area contributed by atoms with E-state index < -0.39 is 0 Å². The Morgan fingerprint density at radius 1 is 0.400 bits per heavy atom. The highest BCUT2D eigenvalue weighted by Crippen LogP contribution is 2.20. The molecule has 6 heteroatoms. The van der Waals surface area contributed by atoms with Crippen LogP contribution in [0.5, 0.6) is 0 Å². The molecule has 0 aromatic heterocycles. The first kappa shape index (κ1) is 43.9. The lowest BCUT2D eigenvalue weighted by molar-refractivity contribution is -0.150. The molecule has 0 aliphatic heterocycles. The van der Waals surface area contributed by atoms with Crippen molar-refractivity contribution in [2.24, 2.45) is 5.90 Å². The number of hydrogen-bond acceptors (Lipinski definition) is 6. The molecule has 0 spiro atoms. The van der Waals surface area contributed by atoms with Crippen molar-refractivity contribution in [2.75, 3.05) is 0 Å². The minimum atomic E-state index is -0.161. The summed E-state index contributed by atoms with van der Waals surface area (Å²) in [5.41, 5.74) is 0. The summed E-state index contributed by atoms with van der Waals surface area (Å²) in [6.07, 6.45) is 32.0. The van der Waals surface area contributed by atoms with Gasteiger partial charge in [0.05, 0.1) is 6.10 Å². The minimum Gasteiger partial charge on any atom is -0.462 e. The van der Waals surface area contributed by atoms with Crippen molar-refractivity contribution in [3.8, 4) is 0 Å². The Bertz CT molecular complexity index is 563. The van der Waals surface area contributed by atoms with Crippen LogP contribution < -0.4 is 5.90 Å². The largest absolute Gasteiger partial charge is 0.462 e. The van der Waals surface area contributed by atoms with Crippen LogP contribution >= 0.6 is 0 Å². The van der Waals surface area contributed by atoms with Crippen molar-refractivity contribution in [1.29, 1.82) is 0 Å². The Morgan fingerprint density at radius 2 is 0.667 bits per heavy atom. The molecule has 0 saturated heterocycles. The van der Waals surface area contributed by atoms with Gasteiger partial charge in [-0.2, -0.15) is 0 Å². The lowest BCUT2D eigenvalue weighted by Gasteiger charge is -2.19. The van der Waals surface area contributed by atoms with Gasteiger partial charge in [0.2, 0.25) is 0 Å². The van der Waals surface area contributed by atoms with Gasteiger partial charge in [0.1, 0.15) is 12.2 Å². The van der Waals surface area contributed by atoms with Crippen LogP contribution in [-0.4, -0.2) is 30.3 Å². The van der Waals surface area contributed by atoms with Crippen LogP contribution in [0.2, 0.25) is 0 Å². The molecular formula is C39H77NO5. The Balaban J connectivity index is 4.46. The highest BCUT2D eigenvalue weighted by atomic mass is 16.6. The maximum atomic E-state index is 12.7. The number of carbonyl (C=O) groups excluding carboxylic acids is 2. The third-order valence-electron chi connectivity index (χ3n) is 9.12. The number of esters is 2. The van der Waals surface area contributed by atoms with Gasteiger partial charge < -0.3 is 14.3 Å². The first-order valence-corrected chi connectivity index (χ1v) is 19.7. The zero-order chi connectivity index (χ0) is 33.2. The van der Waals surface area contributed by atoms with E-state index in [1.165, 1.54) is 103 Å². The molecule has 0 saturated carbocycles. The molecule has 0 aliphatic rings. The van der Waals surface area contributed by atoms with Gasteiger partial charge in [-0.25, -0.2) is 5.90 Å². The maximum absolute atomic E-state index is 12.7. The van der Waals surface area contributed by atoms with E-state index in [9.17, 15) is 9.59 Å². The summed E-state index contributed by atoms with van der Waals surface area (Å²) in [6.45, 7) is 8.94. The van der Waals surface area contributed by atoms with Crippen molar-refractivity contribution in [1.82, 2.24) is 0 Å². The second kappa shape index (κ2) is 34.2. The normalized spacial score (nSPS) is 11.6. The number of carbonyl (C=O) groups is 2. The van der Waals surface area contributed by atoms with Gasteiger partial charge in [-0.1, -0.05) is 130 Å². The molecule has 2 N–H and O–H groups in total. The molecule has 0 aliphatic carbocycles. The Hall–Kier alpha value is -1.14. The number of hydrogen-bond donors (Lipinski definition) is 1. The summed E-state index contributed by atoms with van der Waals surface area (Å²) >= 11 is 0. The molecule has 6 nitrogen and oxygen atoms in total. The third kappa shape index (κ3) is 30.0. The van der Waals surface area contributed by atoms with Crippen LogP contribution in [-0.2, 0) is 23.9 Å². The first-order valence-electron chi connectivity index (χ1n) is 19.7. The van der Waals surface area contributed by atoms with E-state index >= 15 is 0 Å². The number of rotatable bonds is 35. The van der Waals surface area contributed by atoms with Crippen molar-refractivity contribution in [2.45, 2.75) is 239 Å². The summed E-state index contributed by atoms with van der Waals surface area (Å²) in [5, 5.41) is 0. The molecular weight excluding hydrogens is 562 g/mol. The van der Waals surface area contributed by atoms with Gasteiger partial charge in [-0.15, -0.1) is 0 Å². The molecule has 268 valence electrons. The van der Waals surface area contributed by atoms with E-state index in [0.29, 0.717) is 38.5 Å². The number of nitrogens with two attached hydrogens (primary N) is 1. The van der Waals surface area contributed by atoms with Crippen LogP contribution in [0, 0.1) is 0 Å². The summed E-state index contributed by atoms with van der Waals surface area (Å²) in [6, 6.07) is 0. The molecule has 45 heavy (non-hydrogen) atoms. The summed E-state index contributed by atoms with van der Waals surface area (Å²) in [7, 11) is 0. The third-order valence-corrected chi connectivity index (χ3v) is 9.12. The molecule has 0 radical (unpaired) electrons. The first-order chi connectivity index (χ1) is 22.0. The second-order valence-electron chi connectivity index (χ2n) is 13.6. The lowest BCUT2D eigenvalue weighted by Crippen LogP contribution is -2.21. The van der Waals surface area contributed by atoms with Gasteiger partial charge in [0.25, 0.3) is 0 Å². The number of unbranched alkanes of at least 4 members (excludes halogenated alkanes) is 16. The average molecular weight is 640 g/mol.